The predicted octanol–water partition coefficient (Wildman–Crippen LogP) is 7.29. The summed E-state index contributed by atoms with van der Waals surface area (Å²) in [4.78, 5) is 0. The number of hydrogen-bond acceptors (Lipinski definition) is 2. The molecular weight excluding hydrogens is 416 g/mol. The van der Waals surface area contributed by atoms with Gasteiger partial charge in [0, 0.05) is 27.8 Å². The Morgan fingerprint density at radius 2 is 1.50 bits per heavy atom. The molecule has 3 nitrogen and oxygen atoms in total. The van der Waals surface area contributed by atoms with Crippen molar-refractivity contribution in [2.45, 2.75) is 12.0 Å². The molecular formula is C31H20N2O. The smallest absolute Gasteiger partial charge is 0.128 e. The van der Waals surface area contributed by atoms with Crippen LogP contribution >= 0.6 is 0 Å². The van der Waals surface area contributed by atoms with E-state index in [1.807, 2.05) is 12.1 Å². The maximum atomic E-state index is 9.71. The Hall–Kier alpha value is -4.55. The minimum atomic E-state index is 0.0630. The van der Waals surface area contributed by atoms with Gasteiger partial charge in [0.1, 0.15) is 11.9 Å². The fraction of sp³-hybridized carbons (Fsp3) is 0.0645. The van der Waals surface area contributed by atoms with Gasteiger partial charge in [-0.1, -0.05) is 66.8 Å². The number of hydrogen-bond donors (Lipinski definition) is 0. The molecule has 0 fully saturated rings. The zero-order valence-corrected chi connectivity index (χ0v) is 18.3. The summed E-state index contributed by atoms with van der Waals surface area (Å²) >= 11 is 0. The summed E-state index contributed by atoms with van der Waals surface area (Å²) in [5.41, 5.74) is 7.33. The first-order valence-corrected chi connectivity index (χ1v) is 11.5. The summed E-state index contributed by atoms with van der Waals surface area (Å²) in [7, 11) is 0. The molecule has 0 amide bonds. The first kappa shape index (κ1) is 19.0. The van der Waals surface area contributed by atoms with Crippen LogP contribution < -0.4 is 4.74 Å². The van der Waals surface area contributed by atoms with Crippen molar-refractivity contribution >= 4 is 21.8 Å². The molecule has 0 radical (unpaired) electrons. The number of nitriles is 1. The summed E-state index contributed by atoms with van der Waals surface area (Å²) in [5.74, 6) is 1.18. The second-order valence-electron chi connectivity index (χ2n) is 8.84. The lowest BCUT2D eigenvalue weighted by molar-refractivity contribution is 0.269. The summed E-state index contributed by atoms with van der Waals surface area (Å²) in [6.45, 7) is 0. The molecule has 1 aliphatic heterocycles. The Labute approximate surface area is 197 Å². The van der Waals surface area contributed by atoms with Crippen LogP contribution in [0.2, 0.25) is 0 Å². The van der Waals surface area contributed by atoms with Crippen LogP contribution in [0, 0.1) is 11.3 Å². The van der Waals surface area contributed by atoms with Crippen molar-refractivity contribution in [1.82, 2.24) is 4.57 Å². The van der Waals surface area contributed by atoms with E-state index >= 15 is 0 Å². The van der Waals surface area contributed by atoms with Gasteiger partial charge in [-0.15, -0.1) is 0 Å². The Balaban J connectivity index is 1.50. The van der Waals surface area contributed by atoms with E-state index in [9.17, 15) is 5.26 Å². The highest BCUT2D eigenvalue weighted by Crippen LogP contribution is 2.44. The van der Waals surface area contributed by atoms with Crippen LogP contribution in [0.1, 0.15) is 17.0 Å². The summed E-state index contributed by atoms with van der Waals surface area (Å²) in [5, 5.41) is 12.1. The summed E-state index contributed by atoms with van der Waals surface area (Å²) in [6.07, 6.45) is 8.54. The van der Waals surface area contributed by atoms with Crippen LogP contribution in [-0.4, -0.2) is 10.7 Å². The lowest BCUT2D eigenvalue weighted by Crippen LogP contribution is -2.15. The molecule has 1 aromatic heterocycles. The predicted molar refractivity (Wildman–Crippen MR) is 136 cm³/mol. The van der Waals surface area contributed by atoms with E-state index in [2.05, 4.69) is 108 Å². The second kappa shape index (κ2) is 7.23. The molecule has 0 saturated heterocycles. The number of rotatable bonds is 2. The number of nitrogens with zero attached hydrogens (tertiary/aromatic N) is 2. The van der Waals surface area contributed by atoms with Crippen LogP contribution in [0.3, 0.4) is 0 Å². The molecule has 5 aromatic rings. The molecule has 3 heteroatoms. The van der Waals surface area contributed by atoms with Gasteiger partial charge in [0.25, 0.3) is 0 Å². The van der Waals surface area contributed by atoms with Gasteiger partial charge < -0.3 is 9.30 Å². The number of allylic oxidation sites excluding steroid dienone is 2. The van der Waals surface area contributed by atoms with E-state index < -0.39 is 0 Å². The lowest BCUT2D eigenvalue weighted by Gasteiger charge is -2.16. The van der Waals surface area contributed by atoms with Gasteiger partial charge >= 0.3 is 0 Å². The van der Waals surface area contributed by atoms with Gasteiger partial charge in [-0.2, -0.15) is 5.26 Å². The van der Waals surface area contributed by atoms with Crippen LogP contribution in [0.25, 0.3) is 38.6 Å². The molecule has 4 aromatic carbocycles. The van der Waals surface area contributed by atoms with Crippen LogP contribution in [0.15, 0.2) is 109 Å². The van der Waals surface area contributed by atoms with Crippen LogP contribution in [-0.2, 0) is 0 Å². The maximum absolute atomic E-state index is 9.71. The van der Waals surface area contributed by atoms with E-state index in [0.29, 0.717) is 5.56 Å². The number of fused-ring (bicyclic) bond motifs is 6. The zero-order chi connectivity index (χ0) is 22.6. The van der Waals surface area contributed by atoms with Gasteiger partial charge in [-0.25, -0.2) is 0 Å². The maximum Gasteiger partial charge on any atom is 0.128 e. The summed E-state index contributed by atoms with van der Waals surface area (Å²) in [6, 6.07) is 31.7. The SMILES string of the molecule is N#Cc1ccc(-c2ccc3c(c2)C2C=CC=CC2O3)c(-n2c3ccccc3c3ccccc32)c1. The third-order valence-electron chi connectivity index (χ3n) is 6.98. The standard InChI is InChI=1S/C31H20N2O/c32-19-20-13-15-22(21-14-16-31-26(18-21)25-9-3-6-12-30(25)34-31)29(17-20)33-27-10-4-1-7-23(27)24-8-2-5-11-28(24)33/h1-18,25,30H. The van der Waals surface area contributed by atoms with Gasteiger partial charge in [0.2, 0.25) is 0 Å². The monoisotopic (exact) mass is 436 g/mol. The normalized spacial score (nSPS) is 18.0. The molecule has 34 heavy (non-hydrogen) atoms. The Morgan fingerprint density at radius 3 is 2.26 bits per heavy atom. The topological polar surface area (TPSA) is 37.9 Å². The minimum Gasteiger partial charge on any atom is -0.485 e. The van der Waals surface area contributed by atoms with Gasteiger partial charge in [0.05, 0.1) is 28.4 Å². The van der Waals surface area contributed by atoms with Crippen molar-refractivity contribution in [2.75, 3.05) is 0 Å². The highest BCUT2D eigenvalue weighted by molar-refractivity contribution is 6.09. The van der Waals surface area contributed by atoms with Crippen molar-refractivity contribution in [2.24, 2.45) is 0 Å². The van der Waals surface area contributed by atoms with E-state index in [0.717, 1.165) is 33.6 Å². The molecule has 2 aliphatic rings. The third kappa shape index (κ3) is 2.69. The van der Waals surface area contributed by atoms with Gasteiger partial charge in [-0.05, 0) is 48.0 Å². The van der Waals surface area contributed by atoms with Crippen molar-refractivity contribution in [3.05, 3.63) is 120 Å². The van der Waals surface area contributed by atoms with Crippen LogP contribution in [0.5, 0.6) is 5.75 Å². The minimum absolute atomic E-state index is 0.0630. The lowest BCUT2D eigenvalue weighted by atomic mass is 9.89. The Kier molecular flexibility index (Phi) is 4.03. The first-order chi connectivity index (χ1) is 16.8. The molecule has 0 bridgehead atoms. The largest absolute Gasteiger partial charge is 0.485 e. The molecule has 160 valence electrons. The van der Waals surface area contributed by atoms with Crippen molar-refractivity contribution < 1.29 is 4.74 Å². The van der Waals surface area contributed by atoms with E-state index in [1.54, 1.807) is 0 Å². The molecule has 0 saturated carbocycles. The molecule has 0 spiro atoms. The Morgan fingerprint density at radius 1 is 0.765 bits per heavy atom. The summed E-state index contributed by atoms with van der Waals surface area (Å²) < 4.78 is 8.46. The molecule has 7 rings (SSSR count). The van der Waals surface area contributed by atoms with E-state index in [-0.39, 0.29) is 12.0 Å². The average Bonchev–Trinajstić information content (AvgIpc) is 3.44. The highest BCUT2D eigenvalue weighted by Gasteiger charge is 2.32. The fourth-order valence-electron chi connectivity index (χ4n) is 5.42. The van der Waals surface area contributed by atoms with Gasteiger partial charge in [-0.3, -0.25) is 0 Å². The average molecular weight is 437 g/mol. The van der Waals surface area contributed by atoms with Crippen molar-refractivity contribution in [3.63, 3.8) is 0 Å². The van der Waals surface area contributed by atoms with Crippen LogP contribution in [0.4, 0.5) is 0 Å². The molecule has 2 unspecified atom stereocenters. The van der Waals surface area contributed by atoms with Crippen molar-refractivity contribution in [3.8, 4) is 28.6 Å². The quantitative estimate of drug-likeness (QED) is 0.291. The number of ether oxygens (including phenoxy) is 1. The van der Waals surface area contributed by atoms with Crippen molar-refractivity contribution in [1.29, 1.82) is 5.26 Å². The third-order valence-corrected chi connectivity index (χ3v) is 6.98. The molecule has 2 atom stereocenters. The van der Waals surface area contributed by atoms with Gasteiger partial charge in [0.15, 0.2) is 0 Å². The molecule has 1 aliphatic carbocycles. The fourth-order valence-corrected chi connectivity index (χ4v) is 5.42. The van der Waals surface area contributed by atoms with E-state index in [4.69, 9.17) is 4.74 Å². The number of aromatic nitrogens is 1. The Bertz CT molecular complexity index is 1660. The molecule has 0 N–H and O–H groups in total. The molecule has 2 heterocycles. The highest BCUT2D eigenvalue weighted by atomic mass is 16.5. The second-order valence-corrected chi connectivity index (χ2v) is 8.84. The van der Waals surface area contributed by atoms with E-state index in [1.165, 1.54) is 16.3 Å². The zero-order valence-electron chi connectivity index (χ0n) is 18.3. The number of para-hydroxylation sites is 2. The first-order valence-electron chi connectivity index (χ1n) is 11.5. The number of benzene rings is 4.